The number of hydrogen-bond acceptors (Lipinski definition) is 5. The van der Waals surface area contributed by atoms with Crippen LogP contribution in [0.3, 0.4) is 0 Å². The lowest BCUT2D eigenvalue weighted by Gasteiger charge is -2.36. The minimum absolute atomic E-state index is 0.653. The number of aromatic nitrogens is 1. The molecule has 0 amide bonds. The van der Waals surface area contributed by atoms with Crippen LogP contribution in [0, 0.1) is 0 Å². The Morgan fingerprint density at radius 2 is 2.19 bits per heavy atom. The number of piperidine rings is 1. The molecule has 118 valence electrons. The van der Waals surface area contributed by atoms with Crippen LogP contribution in [0.4, 0.5) is 0 Å². The average molecular weight is 309 g/mol. The van der Waals surface area contributed by atoms with E-state index in [0.717, 1.165) is 26.2 Å². The molecule has 0 bridgehead atoms. The SMILES string of the molecule is CCc1ncc(CN2CCCC(NC3CCOCC3)C2)s1. The zero-order valence-electron chi connectivity index (χ0n) is 13.0. The molecule has 0 radical (unpaired) electrons. The van der Waals surface area contributed by atoms with Crippen molar-refractivity contribution in [1.29, 1.82) is 0 Å². The maximum Gasteiger partial charge on any atom is 0.0925 e. The number of aryl methyl sites for hydroxylation is 1. The maximum absolute atomic E-state index is 5.45. The molecule has 3 heterocycles. The van der Waals surface area contributed by atoms with Crippen molar-refractivity contribution in [3.8, 4) is 0 Å². The normalized spacial score (nSPS) is 25.3. The van der Waals surface area contributed by atoms with Crippen molar-refractivity contribution in [2.75, 3.05) is 26.3 Å². The average Bonchev–Trinajstić information content (AvgIpc) is 2.96. The van der Waals surface area contributed by atoms with Gasteiger partial charge in [-0.05, 0) is 38.6 Å². The zero-order valence-corrected chi connectivity index (χ0v) is 13.8. The van der Waals surface area contributed by atoms with Crippen molar-refractivity contribution in [1.82, 2.24) is 15.2 Å². The van der Waals surface area contributed by atoms with E-state index in [2.05, 4.69) is 28.3 Å². The van der Waals surface area contributed by atoms with Gasteiger partial charge in [0, 0.05) is 49.5 Å². The second-order valence-corrected chi connectivity index (χ2v) is 7.40. The van der Waals surface area contributed by atoms with Gasteiger partial charge in [0.05, 0.1) is 5.01 Å². The Bertz CT molecular complexity index is 431. The number of thiazole rings is 1. The van der Waals surface area contributed by atoms with Crippen molar-refractivity contribution in [2.45, 2.75) is 57.7 Å². The summed E-state index contributed by atoms with van der Waals surface area (Å²) in [6, 6.07) is 1.32. The lowest BCUT2D eigenvalue weighted by atomic mass is 10.0. The second-order valence-electron chi connectivity index (χ2n) is 6.20. The number of ether oxygens (including phenoxy) is 1. The molecule has 1 unspecified atom stereocenters. The van der Waals surface area contributed by atoms with Crippen molar-refractivity contribution < 1.29 is 4.74 Å². The van der Waals surface area contributed by atoms with Crippen LogP contribution < -0.4 is 5.32 Å². The summed E-state index contributed by atoms with van der Waals surface area (Å²) in [5.74, 6) is 0. The Morgan fingerprint density at radius 3 is 2.95 bits per heavy atom. The molecule has 3 rings (SSSR count). The van der Waals surface area contributed by atoms with E-state index in [4.69, 9.17) is 4.74 Å². The summed E-state index contributed by atoms with van der Waals surface area (Å²) in [6.45, 7) is 7.51. The fraction of sp³-hybridized carbons (Fsp3) is 0.812. The number of hydrogen-bond donors (Lipinski definition) is 1. The first-order valence-corrected chi connectivity index (χ1v) is 9.15. The van der Waals surface area contributed by atoms with E-state index in [1.54, 1.807) is 0 Å². The Morgan fingerprint density at radius 1 is 1.33 bits per heavy atom. The Hall–Kier alpha value is -0.490. The molecule has 1 N–H and O–H groups in total. The first-order chi connectivity index (χ1) is 10.3. The lowest BCUT2D eigenvalue weighted by molar-refractivity contribution is 0.0691. The largest absolute Gasteiger partial charge is 0.381 e. The molecule has 2 aliphatic rings. The fourth-order valence-corrected chi connectivity index (χ4v) is 4.24. The summed E-state index contributed by atoms with van der Waals surface area (Å²) in [5, 5.41) is 5.12. The summed E-state index contributed by atoms with van der Waals surface area (Å²) in [4.78, 5) is 8.48. The van der Waals surface area contributed by atoms with Crippen molar-refractivity contribution in [3.63, 3.8) is 0 Å². The molecule has 0 saturated carbocycles. The fourth-order valence-electron chi connectivity index (χ4n) is 3.34. The molecule has 1 aromatic heterocycles. The van der Waals surface area contributed by atoms with Gasteiger partial charge in [0.1, 0.15) is 0 Å². The highest BCUT2D eigenvalue weighted by Gasteiger charge is 2.23. The van der Waals surface area contributed by atoms with Crippen LogP contribution in [0.25, 0.3) is 0 Å². The zero-order chi connectivity index (χ0) is 14.5. The van der Waals surface area contributed by atoms with E-state index in [-0.39, 0.29) is 0 Å². The molecule has 2 saturated heterocycles. The summed E-state index contributed by atoms with van der Waals surface area (Å²) in [7, 11) is 0. The molecule has 1 atom stereocenters. The van der Waals surface area contributed by atoms with Gasteiger partial charge in [0.25, 0.3) is 0 Å². The van der Waals surface area contributed by atoms with E-state index in [0.29, 0.717) is 12.1 Å². The third-order valence-corrected chi connectivity index (χ3v) is 5.61. The van der Waals surface area contributed by atoms with Gasteiger partial charge < -0.3 is 10.1 Å². The van der Waals surface area contributed by atoms with Gasteiger partial charge in [-0.1, -0.05) is 6.92 Å². The third kappa shape index (κ3) is 4.49. The standard InChI is InChI=1S/C16H27N3OS/c1-2-16-17-10-15(21-16)12-19-7-3-4-14(11-19)18-13-5-8-20-9-6-13/h10,13-14,18H,2-9,11-12H2,1H3. The quantitative estimate of drug-likeness (QED) is 0.906. The monoisotopic (exact) mass is 309 g/mol. The van der Waals surface area contributed by atoms with Crippen LogP contribution in [0.5, 0.6) is 0 Å². The Kier molecular flexibility index (Phi) is 5.63. The van der Waals surface area contributed by atoms with Gasteiger partial charge in [0.15, 0.2) is 0 Å². The third-order valence-electron chi connectivity index (χ3n) is 4.48. The summed E-state index contributed by atoms with van der Waals surface area (Å²) in [5.41, 5.74) is 0. The lowest BCUT2D eigenvalue weighted by Crippen LogP contribution is -2.50. The number of nitrogens with zero attached hydrogens (tertiary/aromatic N) is 2. The summed E-state index contributed by atoms with van der Waals surface area (Å²) in [6.07, 6.45) is 8.09. The van der Waals surface area contributed by atoms with Gasteiger partial charge in [-0.2, -0.15) is 0 Å². The molecule has 21 heavy (non-hydrogen) atoms. The van der Waals surface area contributed by atoms with Crippen molar-refractivity contribution >= 4 is 11.3 Å². The predicted molar refractivity (Wildman–Crippen MR) is 86.8 cm³/mol. The molecular weight excluding hydrogens is 282 g/mol. The van der Waals surface area contributed by atoms with Crippen LogP contribution in [0.1, 0.15) is 42.5 Å². The molecule has 0 aromatic carbocycles. The van der Waals surface area contributed by atoms with E-state index in [1.807, 2.05) is 11.3 Å². The summed E-state index contributed by atoms with van der Waals surface area (Å²) >= 11 is 1.87. The summed E-state index contributed by atoms with van der Waals surface area (Å²) < 4.78 is 5.45. The number of likely N-dealkylation sites (tertiary alicyclic amines) is 1. The number of rotatable bonds is 5. The molecule has 2 aliphatic heterocycles. The first kappa shape index (κ1) is 15.4. The highest BCUT2D eigenvalue weighted by Crippen LogP contribution is 2.19. The molecule has 1 aromatic rings. The second kappa shape index (κ2) is 7.68. The minimum Gasteiger partial charge on any atom is -0.381 e. The Balaban J connectivity index is 1.48. The van der Waals surface area contributed by atoms with E-state index in [9.17, 15) is 0 Å². The molecular formula is C16H27N3OS. The van der Waals surface area contributed by atoms with E-state index < -0.39 is 0 Å². The smallest absolute Gasteiger partial charge is 0.0925 e. The van der Waals surface area contributed by atoms with Crippen LogP contribution >= 0.6 is 11.3 Å². The predicted octanol–water partition coefficient (Wildman–Crippen LogP) is 2.44. The van der Waals surface area contributed by atoms with Crippen LogP contribution in [-0.4, -0.2) is 48.3 Å². The topological polar surface area (TPSA) is 37.4 Å². The molecule has 0 aliphatic carbocycles. The number of nitrogens with one attached hydrogen (secondary N) is 1. The van der Waals surface area contributed by atoms with E-state index in [1.165, 1.54) is 48.7 Å². The highest BCUT2D eigenvalue weighted by atomic mass is 32.1. The maximum atomic E-state index is 5.45. The van der Waals surface area contributed by atoms with Crippen molar-refractivity contribution in [2.24, 2.45) is 0 Å². The van der Waals surface area contributed by atoms with E-state index >= 15 is 0 Å². The molecule has 0 spiro atoms. The molecule has 4 nitrogen and oxygen atoms in total. The molecule has 2 fully saturated rings. The van der Waals surface area contributed by atoms with Crippen molar-refractivity contribution in [3.05, 3.63) is 16.1 Å². The van der Waals surface area contributed by atoms with Crippen LogP contribution in [0.2, 0.25) is 0 Å². The highest BCUT2D eigenvalue weighted by molar-refractivity contribution is 7.11. The van der Waals surface area contributed by atoms with Gasteiger partial charge in [-0.3, -0.25) is 4.90 Å². The van der Waals surface area contributed by atoms with Gasteiger partial charge >= 0.3 is 0 Å². The van der Waals surface area contributed by atoms with Gasteiger partial charge in [-0.25, -0.2) is 4.98 Å². The minimum atomic E-state index is 0.653. The molecule has 5 heteroatoms. The van der Waals surface area contributed by atoms with Gasteiger partial charge in [-0.15, -0.1) is 11.3 Å². The first-order valence-electron chi connectivity index (χ1n) is 8.33. The Labute approximate surface area is 131 Å². The van der Waals surface area contributed by atoms with Crippen LogP contribution in [0.15, 0.2) is 6.20 Å². The van der Waals surface area contributed by atoms with Crippen LogP contribution in [-0.2, 0) is 17.7 Å². The van der Waals surface area contributed by atoms with Gasteiger partial charge in [0.2, 0.25) is 0 Å².